The fourth-order valence-corrected chi connectivity index (χ4v) is 4.22. The summed E-state index contributed by atoms with van der Waals surface area (Å²) in [4.78, 5) is 19.7. The Hall–Kier alpha value is -3.83. The topological polar surface area (TPSA) is 148 Å². The number of rotatable bonds is 7. The minimum atomic E-state index is -1.18. The van der Waals surface area contributed by atoms with Crippen LogP contribution < -0.4 is 16.4 Å². The van der Waals surface area contributed by atoms with Gasteiger partial charge in [0.2, 0.25) is 6.41 Å². The van der Waals surface area contributed by atoms with Crippen LogP contribution in [0.25, 0.3) is 22.2 Å². The van der Waals surface area contributed by atoms with Crippen molar-refractivity contribution in [2.24, 2.45) is 5.73 Å². The summed E-state index contributed by atoms with van der Waals surface area (Å²) in [5.74, 6) is 0.573. The lowest BCUT2D eigenvalue weighted by atomic mass is 10.1. The van der Waals surface area contributed by atoms with E-state index in [-0.39, 0.29) is 6.54 Å². The molecule has 0 bridgehead atoms. The summed E-state index contributed by atoms with van der Waals surface area (Å²) < 4.78 is 7.59. The number of hydrogen-bond donors (Lipinski definition) is 5. The van der Waals surface area contributed by atoms with Crippen LogP contribution in [0.15, 0.2) is 67.1 Å². The summed E-state index contributed by atoms with van der Waals surface area (Å²) in [5, 5.41) is 27.7. The Morgan fingerprint density at radius 2 is 1.79 bits per heavy atom. The number of aliphatic hydroxyl groups is 2. The molecule has 1 amide bonds. The molecule has 1 saturated heterocycles. The number of ether oxygens (including phenoxy) is 1. The number of anilines is 3. The SMILES string of the molecule is NC[C@H]1O[C@@H](n2cc(-c3ccc(NC=O)cc3)c3c(Nc4ccccc4)ncnc32)[C@@H](O)[C@H]1O. The minimum absolute atomic E-state index is 0.0712. The molecule has 0 aliphatic carbocycles. The van der Waals surface area contributed by atoms with E-state index in [2.05, 4.69) is 20.6 Å². The zero-order chi connectivity index (χ0) is 23.7. The highest BCUT2D eigenvalue weighted by molar-refractivity contribution is 6.02. The van der Waals surface area contributed by atoms with Crippen molar-refractivity contribution in [3.8, 4) is 11.1 Å². The Bertz CT molecular complexity index is 1290. The van der Waals surface area contributed by atoms with Crippen LogP contribution in [0.2, 0.25) is 0 Å². The summed E-state index contributed by atoms with van der Waals surface area (Å²) in [6.07, 6.45) is -0.00627. The van der Waals surface area contributed by atoms with Crippen molar-refractivity contribution in [3.63, 3.8) is 0 Å². The van der Waals surface area contributed by atoms with Crippen LogP contribution in [0.5, 0.6) is 0 Å². The molecule has 5 rings (SSSR count). The predicted octanol–water partition coefficient (Wildman–Crippen LogP) is 1.99. The van der Waals surface area contributed by atoms with Crippen molar-refractivity contribution >= 4 is 34.6 Å². The van der Waals surface area contributed by atoms with Gasteiger partial charge < -0.3 is 35.9 Å². The van der Waals surface area contributed by atoms with E-state index in [1.165, 1.54) is 6.33 Å². The molecule has 0 spiro atoms. The molecule has 10 nitrogen and oxygen atoms in total. The first-order chi connectivity index (χ1) is 16.6. The molecule has 34 heavy (non-hydrogen) atoms. The molecular formula is C24H24N6O4. The molecule has 3 heterocycles. The average molecular weight is 460 g/mol. The fourth-order valence-electron chi connectivity index (χ4n) is 4.22. The number of para-hydroxylation sites is 1. The van der Waals surface area contributed by atoms with E-state index in [0.29, 0.717) is 28.9 Å². The molecule has 0 radical (unpaired) electrons. The lowest BCUT2D eigenvalue weighted by Gasteiger charge is -2.17. The molecule has 1 aliphatic rings. The molecule has 2 aromatic heterocycles. The molecule has 174 valence electrons. The normalized spacial score (nSPS) is 22.1. The van der Waals surface area contributed by atoms with Crippen molar-refractivity contribution in [1.82, 2.24) is 14.5 Å². The standard InChI is InChI=1S/C24H24N6O4/c25-10-18-20(32)21(33)24(34-18)30-11-17(14-6-8-15(9-7-14)28-13-31)19-22(26-12-27-23(19)30)29-16-4-2-1-3-5-16/h1-9,11-13,18,20-21,24,32-33H,10,25H2,(H,28,31)(H,26,27,29)/t18-,20+,21+,24-/m1/s1. The van der Waals surface area contributed by atoms with Crippen molar-refractivity contribution in [2.45, 2.75) is 24.5 Å². The van der Waals surface area contributed by atoms with Gasteiger partial charge in [-0.05, 0) is 29.8 Å². The molecular weight excluding hydrogens is 436 g/mol. The number of amides is 1. The Kier molecular flexibility index (Phi) is 5.95. The second-order valence-corrected chi connectivity index (χ2v) is 7.98. The van der Waals surface area contributed by atoms with Crippen molar-refractivity contribution < 1.29 is 19.7 Å². The molecule has 4 aromatic rings. The second kappa shape index (κ2) is 9.20. The highest BCUT2D eigenvalue weighted by Crippen LogP contribution is 2.39. The second-order valence-electron chi connectivity index (χ2n) is 7.98. The molecule has 4 atom stereocenters. The van der Waals surface area contributed by atoms with Gasteiger partial charge >= 0.3 is 0 Å². The largest absolute Gasteiger partial charge is 0.387 e. The van der Waals surface area contributed by atoms with Gasteiger partial charge in [0.1, 0.15) is 36.1 Å². The van der Waals surface area contributed by atoms with Crippen LogP contribution in [-0.4, -0.2) is 56.0 Å². The third-order valence-electron chi connectivity index (χ3n) is 5.91. The Labute approximate surface area is 195 Å². The van der Waals surface area contributed by atoms with Gasteiger partial charge in [0.05, 0.1) is 5.39 Å². The number of hydrogen-bond acceptors (Lipinski definition) is 8. The van der Waals surface area contributed by atoms with Crippen molar-refractivity contribution in [3.05, 3.63) is 67.1 Å². The van der Waals surface area contributed by atoms with E-state index in [1.54, 1.807) is 16.7 Å². The molecule has 6 N–H and O–H groups in total. The van der Waals surface area contributed by atoms with Crippen LogP contribution in [0.4, 0.5) is 17.2 Å². The van der Waals surface area contributed by atoms with E-state index in [1.807, 2.05) is 48.7 Å². The third kappa shape index (κ3) is 3.88. The highest BCUT2D eigenvalue weighted by Gasteiger charge is 2.43. The highest BCUT2D eigenvalue weighted by atomic mass is 16.6. The zero-order valence-corrected chi connectivity index (χ0v) is 18.1. The zero-order valence-electron chi connectivity index (χ0n) is 18.1. The van der Waals surface area contributed by atoms with Gasteiger partial charge in [0.15, 0.2) is 6.23 Å². The number of aromatic nitrogens is 3. The van der Waals surface area contributed by atoms with Gasteiger partial charge in [-0.3, -0.25) is 4.79 Å². The smallest absolute Gasteiger partial charge is 0.211 e. The first-order valence-corrected chi connectivity index (χ1v) is 10.8. The summed E-state index contributed by atoms with van der Waals surface area (Å²) in [6, 6.07) is 16.9. The average Bonchev–Trinajstić information content (AvgIpc) is 3.38. The van der Waals surface area contributed by atoms with Crippen LogP contribution in [0.1, 0.15) is 6.23 Å². The fraction of sp³-hybridized carbons (Fsp3) is 0.208. The van der Waals surface area contributed by atoms with Gasteiger partial charge in [-0.25, -0.2) is 9.97 Å². The van der Waals surface area contributed by atoms with Crippen LogP contribution in [0, 0.1) is 0 Å². The Balaban J connectivity index is 1.67. The monoisotopic (exact) mass is 460 g/mol. The quantitative estimate of drug-likeness (QED) is 0.263. The van der Waals surface area contributed by atoms with Gasteiger partial charge in [-0.2, -0.15) is 0 Å². The number of nitrogens with zero attached hydrogens (tertiary/aromatic N) is 3. The minimum Gasteiger partial charge on any atom is -0.387 e. The first kappa shape index (κ1) is 22.0. The molecule has 2 aromatic carbocycles. The summed E-state index contributed by atoms with van der Waals surface area (Å²) >= 11 is 0. The maximum atomic E-state index is 10.8. The third-order valence-corrected chi connectivity index (χ3v) is 5.91. The lowest BCUT2D eigenvalue weighted by Crippen LogP contribution is -2.35. The van der Waals surface area contributed by atoms with E-state index < -0.39 is 24.5 Å². The Morgan fingerprint density at radius 3 is 2.47 bits per heavy atom. The van der Waals surface area contributed by atoms with E-state index >= 15 is 0 Å². The van der Waals surface area contributed by atoms with Crippen LogP contribution >= 0.6 is 0 Å². The molecule has 0 unspecified atom stereocenters. The van der Waals surface area contributed by atoms with Gasteiger partial charge in [-0.1, -0.05) is 30.3 Å². The number of benzene rings is 2. The van der Waals surface area contributed by atoms with Crippen molar-refractivity contribution in [1.29, 1.82) is 0 Å². The van der Waals surface area contributed by atoms with E-state index in [9.17, 15) is 15.0 Å². The lowest BCUT2D eigenvalue weighted by molar-refractivity contribution is -0.105. The number of nitrogens with two attached hydrogens (primary N) is 1. The van der Waals surface area contributed by atoms with Crippen LogP contribution in [-0.2, 0) is 9.53 Å². The van der Waals surface area contributed by atoms with Gasteiger partial charge in [0.25, 0.3) is 0 Å². The number of fused-ring (bicyclic) bond motifs is 1. The maximum absolute atomic E-state index is 10.8. The van der Waals surface area contributed by atoms with Gasteiger partial charge in [-0.15, -0.1) is 0 Å². The molecule has 10 heteroatoms. The number of nitrogens with one attached hydrogen (secondary N) is 2. The maximum Gasteiger partial charge on any atom is 0.211 e. The first-order valence-electron chi connectivity index (χ1n) is 10.8. The predicted molar refractivity (Wildman–Crippen MR) is 127 cm³/mol. The number of carbonyl (C=O) groups excluding carboxylic acids is 1. The summed E-state index contributed by atoms with van der Waals surface area (Å²) in [6.45, 7) is 0.0712. The summed E-state index contributed by atoms with van der Waals surface area (Å²) in [5.41, 5.74) is 9.37. The molecule has 1 aliphatic heterocycles. The molecule has 1 fully saturated rings. The number of carbonyl (C=O) groups is 1. The molecule has 0 saturated carbocycles. The number of aliphatic hydroxyl groups excluding tert-OH is 2. The van der Waals surface area contributed by atoms with Crippen LogP contribution in [0.3, 0.4) is 0 Å². The summed E-state index contributed by atoms with van der Waals surface area (Å²) in [7, 11) is 0. The van der Waals surface area contributed by atoms with E-state index in [4.69, 9.17) is 10.5 Å². The van der Waals surface area contributed by atoms with E-state index in [0.717, 1.165) is 16.8 Å². The van der Waals surface area contributed by atoms with Crippen molar-refractivity contribution in [2.75, 3.05) is 17.2 Å². The Morgan fingerprint density at radius 1 is 1.03 bits per heavy atom. The van der Waals surface area contributed by atoms with Gasteiger partial charge in [0, 0.05) is 29.7 Å².